The Kier molecular flexibility index (Phi) is 1.85. The van der Waals surface area contributed by atoms with Crippen molar-refractivity contribution < 1.29 is 5.11 Å². The van der Waals surface area contributed by atoms with Gasteiger partial charge in [-0.05, 0) is 18.3 Å². The molecular formula is C9H14N2OS. The number of aliphatic hydroxyl groups excluding tert-OH is 1. The number of nitrogens with two attached hydrogens (primary N) is 1. The second-order valence-electron chi connectivity index (χ2n) is 4.42. The predicted molar refractivity (Wildman–Crippen MR) is 53.6 cm³/mol. The summed E-state index contributed by atoms with van der Waals surface area (Å²) in [5, 5.41) is 10.4. The summed E-state index contributed by atoms with van der Waals surface area (Å²) in [5.41, 5.74) is 6.74. The molecular weight excluding hydrogens is 184 g/mol. The summed E-state index contributed by atoms with van der Waals surface area (Å²) in [6.45, 7) is 4.30. The van der Waals surface area contributed by atoms with E-state index in [0.717, 1.165) is 23.4 Å². The molecule has 1 atom stereocenters. The van der Waals surface area contributed by atoms with E-state index in [1.165, 1.54) is 11.3 Å². The van der Waals surface area contributed by atoms with Gasteiger partial charge < -0.3 is 10.8 Å². The highest BCUT2D eigenvalue weighted by atomic mass is 32.1. The van der Waals surface area contributed by atoms with Gasteiger partial charge in [-0.1, -0.05) is 25.2 Å². The summed E-state index contributed by atoms with van der Waals surface area (Å²) in [7, 11) is 0. The molecule has 4 heteroatoms. The van der Waals surface area contributed by atoms with Crippen molar-refractivity contribution in [2.75, 3.05) is 5.73 Å². The van der Waals surface area contributed by atoms with Gasteiger partial charge in [0.05, 0.1) is 16.7 Å². The number of nitrogen functional groups attached to an aromatic ring is 1. The fourth-order valence-electron chi connectivity index (χ4n) is 1.91. The third-order valence-corrected chi connectivity index (χ3v) is 3.47. The molecule has 1 unspecified atom stereocenters. The summed E-state index contributed by atoms with van der Waals surface area (Å²) < 4.78 is 0. The molecule has 0 amide bonds. The Labute approximate surface area is 81.6 Å². The molecule has 72 valence electrons. The first kappa shape index (κ1) is 8.97. The molecule has 0 saturated heterocycles. The van der Waals surface area contributed by atoms with Crippen molar-refractivity contribution in [3.8, 4) is 0 Å². The molecule has 3 N–H and O–H groups in total. The molecule has 0 saturated carbocycles. The standard InChI is InChI=1S/C9H14N2OS/c1-9(2)3-5-7(6(12)4-9)13-8(10)11-5/h6,12H,3-4H2,1-2H3,(H2,10,11). The van der Waals surface area contributed by atoms with Gasteiger partial charge in [-0.25, -0.2) is 4.98 Å². The molecule has 3 nitrogen and oxygen atoms in total. The van der Waals surface area contributed by atoms with Crippen LogP contribution in [0.3, 0.4) is 0 Å². The van der Waals surface area contributed by atoms with Crippen LogP contribution in [0.1, 0.15) is 36.9 Å². The Morgan fingerprint density at radius 2 is 2.31 bits per heavy atom. The van der Waals surface area contributed by atoms with E-state index in [1.54, 1.807) is 0 Å². The third-order valence-electron chi connectivity index (χ3n) is 2.44. The molecule has 0 aliphatic heterocycles. The lowest BCUT2D eigenvalue weighted by atomic mass is 9.77. The molecule has 1 aromatic rings. The van der Waals surface area contributed by atoms with E-state index >= 15 is 0 Å². The molecule has 1 aliphatic carbocycles. The number of hydrogen-bond acceptors (Lipinski definition) is 4. The van der Waals surface area contributed by atoms with Crippen LogP contribution in [-0.2, 0) is 6.42 Å². The van der Waals surface area contributed by atoms with E-state index in [4.69, 9.17) is 5.73 Å². The summed E-state index contributed by atoms with van der Waals surface area (Å²) in [4.78, 5) is 5.20. The maximum atomic E-state index is 9.83. The molecule has 0 spiro atoms. The molecule has 0 aromatic carbocycles. The van der Waals surface area contributed by atoms with Crippen molar-refractivity contribution in [2.45, 2.75) is 32.8 Å². The second-order valence-corrected chi connectivity index (χ2v) is 5.49. The predicted octanol–water partition coefficient (Wildman–Crippen LogP) is 1.73. The van der Waals surface area contributed by atoms with Crippen molar-refractivity contribution in [3.63, 3.8) is 0 Å². The summed E-state index contributed by atoms with van der Waals surface area (Å²) in [5.74, 6) is 0. The Balaban J connectivity index is 2.42. The summed E-state index contributed by atoms with van der Waals surface area (Å²) in [6, 6.07) is 0. The monoisotopic (exact) mass is 198 g/mol. The van der Waals surface area contributed by atoms with Crippen LogP contribution in [0.4, 0.5) is 5.13 Å². The molecule has 1 aliphatic rings. The van der Waals surface area contributed by atoms with Crippen LogP contribution in [0, 0.1) is 5.41 Å². The van der Waals surface area contributed by atoms with Gasteiger partial charge in [0.15, 0.2) is 5.13 Å². The number of anilines is 1. The fraction of sp³-hybridized carbons (Fsp3) is 0.667. The smallest absolute Gasteiger partial charge is 0.180 e. The highest BCUT2D eigenvalue weighted by molar-refractivity contribution is 7.15. The Morgan fingerprint density at radius 1 is 1.62 bits per heavy atom. The number of aliphatic hydroxyl groups is 1. The van der Waals surface area contributed by atoms with Crippen LogP contribution in [-0.4, -0.2) is 10.1 Å². The summed E-state index contributed by atoms with van der Waals surface area (Å²) in [6.07, 6.45) is 1.36. The van der Waals surface area contributed by atoms with Crippen molar-refractivity contribution in [3.05, 3.63) is 10.6 Å². The van der Waals surface area contributed by atoms with Crippen molar-refractivity contribution in [1.29, 1.82) is 0 Å². The first-order valence-electron chi connectivity index (χ1n) is 4.41. The van der Waals surface area contributed by atoms with Crippen LogP contribution < -0.4 is 5.73 Å². The fourth-order valence-corrected chi connectivity index (χ4v) is 2.75. The Hall–Kier alpha value is -0.610. The first-order valence-corrected chi connectivity index (χ1v) is 5.23. The van der Waals surface area contributed by atoms with Gasteiger partial charge in [-0.2, -0.15) is 0 Å². The SMILES string of the molecule is CC1(C)Cc2nc(N)sc2C(O)C1. The van der Waals surface area contributed by atoms with Crippen molar-refractivity contribution in [2.24, 2.45) is 5.41 Å². The van der Waals surface area contributed by atoms with Crippen molar-refractivity contribution in [1.82, 2.24) is 4.98 Å². The molecule has 0 bridgehead atoms. The van der Waals surface area contributed by atoms with Crippen LogP contribution in [0.2, 0.25) is 0 Å². The van der Waals surface area contributed by atoms with Gasteiger partial charge in [0.25, 0.3) is 0 Å². The zero-order valence-corrected chi connectivity index (χ0v) is 8.69. The van der Waals surface area contributed by atoms with E-state index in [1.807, 2.05) is 0 Å². The van der Waals surface area contributed by atoms with E-state index in [9.17, 15) is 5.11 Å². The van der Waals surface area contributed by atoms with Gasteiger partial charge in [0.2, 0.25) is 0 Å². The molecule has 0 fully saturated rings. The Bertz CT molecular complexity index is 332. The van der Waals surface area contributed by atoms with Crippen LogP contribution in [0.15, 0.2) is 0 Å². The number of aromatic nitrogens is 1. The minimum absolute atomic E-state index is 0.146. The molecule has 13 heavy (non-hydrogen) atoms. The summed E-state index contributed by atoms with van der Waals surface area (Å²) >= 11 is 1.42. The Morgan fingerprint density at radius 3 is 3.00 bits per heavy atom. The third kappa shape index (κ3) is 1.56. The normalized spacial score (nSPS) is 25.6. The highest BCUT2D eigenvalue weighted by Gasteiger charge is 2.33. The van der Waals surface area contributed by atoms with E-state index < -0.39 is 0 Å². The van der Waals surface area contributed by atoms with Gasteiger partial charge in [0.1, 0.15) is 0 Å². The number of hydrogen-bond donors (Lipinski definition) is 2. The average molecular weight is 198 g/mol. The van der Waals surface area contributed by atoms with E-state index in [-0.39, 0.29) is 11.5 Å². The average Bonchev–Trinajstić information content (AvgIpc) is 2.27. The topological polar surface area (TPSA) is 59.1 Å². The number of thiazole rings is 1. The zero-order valence-electron chi connectivity index (χ0n) is 7.87. The molecule has 2 rings (SSSR count). The van der Waals surface area contributed by atoms with Gasteiger partial charge in [0, 0.05) is 0 Å². The first-order chi connectivity index (χ1) is 5.98. The number of nitrogens with zero attached hydrogens (tertiary/aromatic N) is 1. The molecule has 0 radical (unpaired) electrons. The van der Waals surface area contributed by atoms with Crippen molar-refractivity contribution >= 4 is 16.5 Å². The second kappa shape index (κ2) is 2.69. The van der Waals surface area contributed by atoms with Gasteiger partial charge in [-0.3, -0.25) is 0 Å². The molecule has 1 heterocycles. The zero-order chi connectivity index (χ0) is 9.64. The number of fused-ring (bicyclic) bond motifs is 1. The van der Waals surface area contributed by atoms with Gasteiger partial charge >= 0.3 is 0 Å². The van der Waals surface area contributed by atoms with Crippen LogP contribution in [0.5, 0.6) is 0 Å². The lowest BCUT2D eigenvalue weighted by Crippen LogP contribution is -2.24. The van der Waals surface area contributed by atoms with Gasteiger partial charge in [-0.15, -0.1) is 0 Å². The van der Waals surface area contributed by atoms with Crippen LogP contribution >= 0.6 is 11.3 Å². The minimum Gasteiger partial charge on any atom is -0.387 e. The largest absolute Gasteiger partial charge is 0.387 e. The molecule has 1 aromatic heterocycles. The maximum absolute atomic E-state index is 9.83. The quantitative estimate of drug-likeness (QED) is 0.667. The van der Waals surface area contributed by atoms with E-state index in [0.29, 0.717) is 5.13 Å². The minimum atomic E-state index is -0.367. The lowest BCUT2D eigenvalue weighted by molar-refractivity contribution is 0.102. The maximum Gasteiger partial charge on any atom is 0.180 e. The van der Waals surface area contributed by atoms with Crippen LogP contribution in [0.25, 0.3) is 0 Å². The van der Waals surface area contributed by atoms with E-state index in [2.05, 4.69) is 18.8 Å². The number of rotatable bonds is 0. The lowest BCUT2D eigenvalue weighted by Gasteiger charge is -2.31. The highest BCUT2D eigenvalue weighted by Crippen LogP contribution is 2.43.